The number of nitrogens with zero attached hydrogens (tertiary/aromatic N) is 2. The number of aromatic nitrogens is 2. The first kappa shape index (κ1) is 9.51. The Morgan fingerprint density at radius 2 is 1.92 bits per heavy atom. The summed E-state index contributed by atoms with van der Waals surface area (Å²) in [5.74, 6) is 0. The predicted octanol–water partition coefficient (Wildman–Crippen LogP) is -1.99. The van der Waals surface area contributed by atoms with Crippen LogP contribution in [-0.2, 0) is 14.1 Å². The Bertz CT molecular complexity index is 392. The number of para-hydroxylation sites is 1. The maximum atomic E-state index is 2.12. The van der Waals surface area contributed by atoms with Crippen LogP contribution in [0.15, 0.2) is 30.5 Å². The largest absolute Gasteiger partial charge is 1.00 e. The molecule has 0 radical (unpaired) electrons. The van der Waals surface area contributed by atoms with Gasteiger partial charge in [0.1, 0.15) is 5.52 Å². The Morgan fingerprint density at radius 3 is 2.58 bits per heavy atom. The van der Waals surface area contributed by atoms with E-state index in [9.17, 15) is 0 Å². The highest BCUT2D eigenvalue weighted by Gasteiger charge is 2.05. The molecule has 0 aliphatic rings. The van der Waals surface area contributed by atoms with Gasteiger partial charge in [-0.2, -0.15) is 4.68 Å². The number of fused-ring (bicyclic) bond motifs is 1. The van der Waals surface area contributed by atoms with E-state index in [1.54, 1.807) is 0 Å². The average Bonchev–Trinajstić information content (AvgIpc) is 2.30. The first-order valence-electron chi connectivity index (χ1n) is 3.69. The van der Waals surface area contributed by atoms with E-state index in [2.05, 4.69) is 46.9 Å². The van der Waals surface area contributed by atoms with Crippen molar-refractivity contribution in [2.24, 2.45) is 14.1 Å². The number of rotatable bonds is 0. The molecule has 1 aromatic heterocycles. The van der Waals surface area contributed by atoms with Crippen LogP contribution in [0.5, 0.6) is 0 Å². The summed E-state index contributed by atoms with van der Waals surface area (Å²) in [6.45, 7) is 0. The zero-order valence-corrected chi connectivity index (χ0v) is 9.32. The minimum absolute atomic E-state index is 0. The Labute approximate surface area is 88.8 Å². The molecule has 2 aromatic rings. The molecule has 2 rings (SSSR count). The lowest BCUT2D eigenvalue weighted by Crippen LogP contribution is -3.00. The molecule has 0 spiro atoms. The van der Waals surface area contributed by atoms with E-state index >= 15 is 0 Å². The molecule has 2 nitrogen and oxygen atoms in total. The number of hydrogen-bond acceptors (Lipinski definition) is 0. The molecule has 0 atom stereocenters. The average molecular weight is 274 g/mol. The zero-order valence-electron chi connectivity index (χ0n) is 7.16. The van der Waals surface area contributed by atoms with Gasteiger partial charge in [-0.05, 0) is 12.1 Å². The molecule has 0 amide bonds. The summed E-state index contributed by atoms with van der Waals surface area (Å²) in [5.41, 5.74) is 1.27. The lowest BCUT2D eigenvalue weighted by molar-refractivity contribution is -0.748. The van der Waals surface area contributed by atoms with E-state index in [4.69, 9.17) is 0 Å². The lowest BCUT2D eigenvalue weighted by Gasteiger charge is -1.89. The topological polar surface area (TPSA) is 8.81 Å². The Balaban J connectivity index is 0.000000720. The molecular formula is C9H11IN2. The van der Waals surface area contributed by atoms with E-state index in [1.165, 1.54) is 10.9 Å². The monoisotopic (exact) mass is 274 g/mol. The van der Waals surface area contributed by atoms with Crippen molar-refractivity contribution < 1.29 is 28.7 Å². The molecule has 3 heteroatoms. The van der Waals surface area contributed by atoms with Crippen molar-refractivity contribution in [1.29, 1.82) is 0 Å². The minimum Gasteiger partial charge on any atom is -1.00 e. The Kier molecular flexibility index (Phi) is 2.72. The summed E-state index contributed by atoms with van der Waals surface area (Å²) >= 11 is 0. The zero-order chi connectivity index (χ0) is 7.84. The van der Waals surface area contributed by atoms with Crippen LogP contribution in [0.25, 0.3) is 10.9 Å². The molecule has 0 aliphatic carbocycles. The van der Waals surface area contributed by atoms with E-state index in [1.807, 2.05) is 7.05 Å². The summed E-state index contributed by atoms with van der Waals surface area (Å²) in [4.78, 5) is 0. The Morgan fingerprint density at radius 1 is 1.25 bits per heavy atom. The number of halogens is 1. The van der Waals surface area contributed by atoms with Gasteiger partial charge < -0.3 is 24.0 Å². The third-order valence-electron chi connectivity index (χ3n) is 2.08. The summed E-state index contributed by atoms with van der Waals surface area (Å²) in [6, 6.07) is 8.36. The second kappa shape index (κ2) is 3.43. The van der Waals surface area contributed by atoms with Gasteiger partial charge in [0.15, 0.2) is 7.05 Å². The molecule has 0 aliphatic heterocycles. The van der Waals surface area contributed by atoms with Crippen molar-refractivity contribution in [3.05, 3.63) is 30.5 Å². The van der Waals surface area contributed by atoms with Crippen LogP contribution in [-0.4, -0.2) is 4.68 Å². The van der Waals surface area contributed by atoms with Gasteiger partial charge in [0.05, 0.1) is 12.4 Å². The molecule has 0 N–H and O–H groups in total. The van der Waals surface area contributed by atoms with Crippen molar-refractivity contribution >= 4 is 10.9 Å². The highest BCUT2D eigenvalue weighted by atomic mass is 127. The van der Waals surface area contributed by atoms with Gasteiger partial charge >= 0.3 is 0 Å². The van der Waals surface area contributed by atoms with Gasteiger partial charge in [0.25, 0.3) is 0 Å². The van der Waals surface area contributed by atoms with Crippen LogP contribution in [0.3, 0.4) is 0 Å². The van der Waals surface area contributed by atoms with Gasteiger partial charge in [0.2, 0.25) is 6.20 Å². The lowest BCUT2D eigenvalue weighted by atomic mass is 10.3. The third-order valence-corrected chi connectivity index (χ3v) is 2.08. The summed E-state index contributed by atoms with van der Waals surface area (Å²) in [6.07, 6.45) is 2.12. The van der Waals surface area contributed by atoms with Crippen molar-refractivity contribution in [1.82, 2.24) is 4.68 Å². The third kappa shape index (κ3) is 1.33. The van der Waals surface area contributed by atoms with Crippen molar-refractivity contribution in [3.8, 4) is 0 Å². The first-order chi connectivity index (χ1) is 5.29. The maximum absolute atomic E-state index is 2.12. The molecule has 1 aromatic carbocycles. The fraction of sp³-hybridized carbons (Fsp3) is 0.222. The number of benzene rings is 1. The van der Waals surface area contributed by atoms with E-state index in [-0.39, 0.29) is 24.0 Å². The molecule has 0 unspecified atom stereocenters. The highest BCUT2D eigenvalue weighted by Crippen LogP contribution is 2.08. The molecule has 0 fully saturated rings. The molecule has 12 heavy (non-hydrogen) atoms. The van der Waals surface area contributed by atoms with E-state index in [0.717, 1.165) is 0 Å². The smallest absolute Gasteiger partial charge is 0.203 e. The normalized spacial score (nSPS) is 9.83. The number of hydrogen-bond donors (Lipinski definition) is 0. The van der Waals surface area contributed by atoms with Crippen molar-refractivity contribution in [2.75, 3.05) is 0 Å². The van der Waals surface area contributed by atoms with Crippen LogP contribution < -0.4 is 28.7 Å². The van der Waals surface area contributed by atoms with Gasteiger partial charge in [-0.3, -0.25) is 0 Å². The highest BCUT2D eigenvalue weighted by molar-refractivity contribution is 5.76. The van der Waals surface area contributed by atoms with Crippen LogP contribution in [0.4, 0.5) is 0 Å². The summed E-state index contributed by atoms with van der Waals surface area (Å²) in [7, 11) is 4.10. The van der Waals surface area contributed by atoms with Crippen molar-refractivity contribution in [3.63, 3.8) is 0 Å². The fourth-order valence-corrected chi connectivity index (χ4v) is 1.35. The molecular weight excluding hydrogens is 263 g/mol. The predicted molar refractivity (Wildman–Crippen MR) is 44.1 cm³/mol. The van der Waals surface area contributed by atoms with Gasteiger partial charge in [-0.25, -0.2) is 0 Å². The second-order valence-corrected chi connectivity index (χ2v) is 2.79. The fourth-order valence-electron chi connectivity index (χ4n) is 1.35. The van der Waals surface area contributed by atoms with Crippen LogP contribution in [0.1, 0.15) is 0 Å². The molecule has 0 saturated heterocycles. The van der Waals surface area contributed by atoms with Gasteiger partial charge in [0, 0.05) is 0 Å². The standard InChI is InChI=1S/C9H11N2.HI/c1-10-7-8-5-3-4-6-9(8)11(10)2;/h3-7H,1-2H3;1H/q+1;/p-1. The van der Waals surface area contributed by atoms with Gasteiger partial charge in [-0.1, -0.05) is 12.1 Å². The molecule has 1 heterocycles. The van der Waals surface area contributed by atoms with Crippen LogP contribution >= 0.6 is 0 Å². The Hall–Kier alpha value is -0.580. The summed E-state index contributed by atoms with van der Waals surface area (Å²) < 4.78 is 4.19. The quantitative estimate of drug-likeness (QED) is 0.388. The van der Waals surface area contributed by atoms with E-state index < -0.39 is 0 Å². The summed E-state index contributed by atoms with van der Waals surface area (Å²) in [5, 5.41) is 1.29. The molecule has 0 saturated carbocycles. The molecule has 64 valence electrons. The second-order valence-electron chi connectivity index (χ2n) is 2.79. The maximum Gasteiger partial charge on any atom is 0.203 e. The van der Waals surface area contributed by atoms with E-state index in [0.29, 0.717) is 0 Å². The van der Waals surface area contributed by atoms with Crippen molar-refractivity contribution in [2.45, 2.75) is 0 Å². The molecule has 0 bridgehead atoms. The van der Waals surface area contributed by atoms with Crippen LogP contribution in [0.2, 0.25) is 0 Å². The first-order valence-corrected chi connectivity index (χ1v) is 3.69. The number of aryl methyl sites for hydroxylation is 2. The SMILES string of the molecule is Cn1c2ccccc2c[n+]1C.[I-]. The van der Waals surface area contributed by atoms with Crippen LogP contribution in [0, 0.1) is 0 Å². The minimum atomic E-state index is 0. The van der Waals surface area contributed by atoms with Gasteiger partial charge in [-0.15, -0.1) is 4.68 Å².